The summed E-state index contributed by atoms with van der Waals surface area (Å²) in [5.74, 6) is -0.114. The van der Waals surface area contributed by atoms with Crippen molar-refractivity contribution in [3.05, 3.63) is 59.8 Å². The molecule has 44 heavy (non-hydrogen) atoms. The van der Waals surface area contributed by atoms with Crippen molar-refractivity contribution in [1.82, 2.24) is 40.0 Å². The minimum Gasteiger partial charge on any atom is -0.364 e. The van der Waals surface area contributed by atoms with Crippen LogP contribution in [0.25, 0.3) is 11.1 Å². The largest absolute Gasteiger partial charge is 0.364 e. The van der Waals surface area contributed by atoms with Crippen LogP contribution in [0.5, 0.6) is 0 Å². The molecule has 4 aromatic rings. The summed E-state index contributed by atoms with van der Waals surface area (Å²) in [6.07, 6.45) is 6.62. The number of aryl methyl sites for hydroxylation is 1. The predicted molar refractivity (Wildman–Crippen MR) is 167 cm³/mol. The van der Waals surface area contributed by atoms with Gasteiger partial charge in [-0.05, 0) is 31.4 Å². The third-order valence-corrected chi connectivity index (χ3v) is 8.83. The zero-order valence-corrected chi connectivity index (χ0v) is 25.4. The third-order valence-electron chi connectivity index (χ3n) is 8.83. The Morgan fingerprint density at radius 1 is 1.05 bits per heavy atom. The SMILES string of the molecule is CC[C@@H]1c2c(cnn2C2CN(Cc3ccn(C)n3)C2)-c2cccc(Nc3cc(NC(=O)C4CC4)nnc3C(=O)NC)c2N1C. The van der Waals surface area contributed by atoms with Gasteiger partial charge in [-0.1, -0.05) is 19.1 Å². The number of hydrogen-bond acceptors (Lipinski definition) is 9. The van der Waals surface area contributed by atoms with Gasteiger partial charge in [-0.25, -0.2) is 0 Å². The Balaban J connectivity index is 1.19. The number of fused-ring (bicyclic) bond motifs is 3. The van der Waals surface area contributed by atoms with Gasteiger partial charge in [0.2, 0.25) is 5.91 Å². The molecule has 7 rings (SSSR count). The summed E-state index contributed by atoms with van der Waals surface area (Å²) >= 11 is 0. The summed E-state index contributed by atoms with van der Waals surface area (Å²) in [6.45, 7) is 4.89. The molecule has 1 atom stereocenters. The molecule has 3 aliphatic rings. The summed E-state index contributed by atoms with van der Waals surface area (Å²) in [5.41, 5.74) is 6.94. The summed E-state index contributed by atoms with van der Waals surface area (Å²) < 4.78 is 4.07. The van der Waals surface area contributed by atoms with Crippen LogP contribution < -0.4 is 20.9 Å². The molecule has 228 valence electrons. The number of hydrogen-bond donors (Lipinski definition) is 3. The average Bonchev–Trinajstić information content (AvgIpc) is 3.65. The lowest BCUT2D eigenvalue weighted by atomic mass is 9.91. The molecular formula is C31H37N11O2. The van der Waals surface area contributed by atoms with Gasteiger partial charge in [0.25, 0.3) is 5.91 Å². The number of amides is 2. The van der Waals surface area contributed by atoms with Crippen LogP contribution in [0.15, 0.2) is 42.7 Å². The van der Waals surface area contributed by atoms with Gasteiger partial charge in [-0.15, -0.1) is 10.2 Å². The van der Waals surface area contributed by atoms with Crippen LogP contribution in [0.4, 0.5) is 22.9 Å². The molecule has 13 nitrogen and oxygen atoms in total. The number of rotatable bonds is 9. The second kappa shape index (κ2) is 11.1. The van der Waals surface area contributed by atoms with Crippen LogP contribution in [-0.2, 0) is 18.4 Å². The first-order valence-electron chi connectivity index (χ1n) is 15.2. The van der Waals surface area contributed by atoms with E-state index in [0.717, 1.165) is 67.1 Å². The number of carbonyl (C=O) groups is 2. The summed E-state index contributed by atoms with van der Waals surface area (Å²) in [6, 6.07) is 10.3. The molecule has 0 bridgehead atoms. The number of nitrogens with zero attached hydrogens (tertiary/aromatic N) is 8. The number of aromatic nitrogens is 6. The number of anilines is 4. The highest BCUT2D eigenvalue weighted by Gasteiger charge is 2.38. The van der Waals surface area contributed by atoms with Crippen molar-refractivity contribution in [2.45, 2.75) is 44.8 Å². The highest BCUT2D eigenvalue weighted by atomic mass is 16.2. The second-order valence-electron chi connectivity index (χ2n) is 11.9. The van der Waals surface area contributed by atoms with E-state index in [0.29, 0.717) is 17.5 Å². The first kappa shape index (κ1) is 28.0. The molecule has 3 N–H and O–H groups in total. The Kier molecular flexibility index (Phi) is 7.04. The van der Waals surface area contributed by atoms with Crippen LogP contribution in [-0.4, -0.2) is 73.7 Å². The van der Waals surface area contributed by atoms with Gasteiger partial charge < -0.3 is 20.9 Å². The van der Waals surface area contributed by atoms with E-state index < -0.39 is 0 Å². The van der Waals surface area contributed by atoms with Gasteiger partial charge in [-0.2, -0.15) is 10.2 Å². The van der Waals surface area contributed by atoms with Crippen molar-refractivity contribution < 1.29 is 9.59 Å². The molecule has 5 heterocycles. The summed E-state index contributed by atoms with van der Waals surface area (Å²) in [5, 5.41) is 26.7. The van der Waals surface area contributed by atoms with E-state index in [9.17, 15) is 9.59 Å². The Morgan fingerprint density at radius 2 is 1.86 bits per heavy atom. The summed E-state index contributed by atoms with van der Waals surface area (Å²) in [7, 11) is 5.61. The molecule has 1 aliphatic carbocycles. The minimum atomic E-state index is -0.370. The van der Waals surface area contributed by atoms with Gasteiger partial charge in [0.1, 0.15) is 0 Å². The fourth-order valence-corrected chi connectivity index (χ4v) is 6.41. The lowest BCUT2D eigenvalue weighted by Gasteiger charge is -2.42. The first-order chi connectivity index (χ1) is 21.3. The third kappa shape index (κ3) is 4.96. The zero-order valence-electron chi connectivity index (χ0n) is 25.4. The maximum Gasteiger partial charge on any atom is 0.273 e. The maximum atomic E-state index is 12.7. The van der Waals surface area contributed by atoms with Crippen molar-refractivity contribution in [1.29, 1.82) is 0 Å². The van der Waals surface area contributed by atoms with E-state index in [-0.39, 0.29) is 29.5 Å². The fraction of sp³-hybridized carbons (Fsp3) is 0.419. The predicted octanol–water partition coefficient (Wildman–Crippen LogP) is 3.48. The standard InChI is InChI=1S/C31H37N11O2/c1-5-25-29-22(14-33-42(29)20-16-41(17-20)15-19-11-12-39(3)38-19)21-7-6-8-23(28(21)40(25)4)34-24-13-26(35-30(43)18-9-10-18)36-37-27(24)31(44)32-2/h6-8,11-14,18,20,25H,5,9-10,15-17H2,1-4H3,(H,32,44)(H2,34,35,36,43)/t25-/m1/s1. The molecule has 1 saturated heterocycles. The van der Waals surface area contributed by atoms with Gasteiger partial charge in [0.05, 0.1) is 46.7 Å². The molecule has 0 unspecified atom stereocenters. The normalized spacial score (nSPS) is 17.9. The van der Waals surface area contributed by atoms with E-state index in [1.54, 1.807) is 13.1 Å². The van der Waals surface area contributed by atoms with Gasteiger partial charge >= 0.3 is 0 Å². The van der Waals surface area contributed by atoms with Gasteiger partial charge in [0, 0.05) is 70.1 Å². The molecule has 3 aromatic heterocycles. The Hall–Kier alpha value is -4.78. The van der Waals surface area contributed by atoms with Crippen molar-refractivity contribution in [2.24, 2.45) is 13.0 Å². The molecule has 2 fully saturated rings. The molecule has 1 saturated carbocycles. The van der Waals surface area contributed by atoms with Crippen LogP contribution in [0.2, 0.25) is 0 Å². The number of likely N-dealkylation sites (tertiary alicyclic amines) is 1. The van der Waals surface area contributed by atoms with E-state index >= 15 is 0 Å². The van der Waals surface area contributed by atoms with E-state index in [4.69, 9.17) is 5.10 Å². The van der Waals surface area contributed by atoms with Crippen LogP contribution in [0, 0.1) is 5.92 Å². The monoisotopic (exact) mass is 595 g/mol. The lowest BCUT2D eigenvalue weighted by Crippen LogP contribution is -2.48. The zero-order chi connectivity index (χ0) is 30.5. The maximum absolute atomic E-state index is 12.7. The minimum absolute atomic E-state index is 0.0200. The van der Waals surface area contributed by atoms with E-state index in [2.05, 4.69) is 71.8 Å². The average molecular weight is 596 g/mol. The van der Waals surface area contributed by atoms with Crippen molar-refractivity contribution in [3.8, 4) is 11.1 Å². The number of para-hydroxylation sites is 1. The van der Waals surface area contributed by atoms with Crippen LogP contribution >= 0.6 is 0 Å². The van der Waals surface area contributed by atoms with Gasteiger partial charge in [0.15, 0.2) is 11.5 Å². The molecule has 2 amide bonds. The Bertz CT molecular complexity index is 1730. The molecule has 13 heteroatoms. The van der Waals surface area contributed by atoms with Crippen LogP contribution in [0.1, 0.15) is 60.1 Å². The second-order valence-corrected chi connectivity index (χ2v) is 11.9. The molecular weight excluding hydrogens is 558 g/mol. The number of nitrogens with one attached hydrogen (secondary N) is 3. The first-order valence-corrected chi connectivity index (χ1v) is 15.2. The van der Waals surface area contributed by atoms with Crippen LogP contribution in [0.3, 0.4) is 0 Å². The molecule has 1 aromatic carbocycles. The lowest BCUT2D eigenvalue weighted by molar-refractivity contribution is -0.117. The van der Waals surface area contributed by atoms with Crippen molar-refractivity contribution >= 4 is 34.7 Å². The topological polar surface area (TPSA) is 138 Å². The smallest absolute Gasteiger partial charge is 0.273 e. The molecule has 2 aliphatic heterocycles. The van der Waals surface area contributed by atoms with Crippen molar-refractivity contribution in [2.75, 3.05) is 42.7 Å². The number of benzene rings is 1. The van der Waals surface area contributed by atoms with Gasteiger partial charge in [-0.3, -0.25) is 23.9 Å². The Morgan fingerprint density at radius 3 is 2.57 bits per heavy atom. The van der Waals surface area contributed by atoms with Crippen molar-refractivity contribution in [3.63, 3.8) is 0 Å². The highest BCUT2D eigenvalue weighted by molar-refractivity contribution is 6.01. The quantitative estimate of drug-likeness (QED) is 0.266. The van der Waals surface area contributed by atoms with E-state index in [1.165, 1.54) is 5.69 Å². The fourth-order valence-electron chi connectivity index (χ4n) is 6.41. The van der Waals surface area contributed by atoms with E-state index in [1.807, 2.05) is 36.3 Å². The molecule has 0 spiro atoms. The Labute approximate surface area is 255 Å². The number of carbonyl (C=O) groups excluding carboxylic acids is 2. The summed E-state index contributed by atoms with van der Waals surface area (Å²) in [4.78, 5) is 29.9. The molecule has 0 radical (unpaired) electrons. The highest BCUT2D eigenvalue weighted by Crippen LogP contribution is 2.50.